The Labute approximate surface area is 123 Å². The molecule has 0 atom stereocenters. The smallest absolute Gasteiger partial charge is 0.122 e. The number of likely N-dealkylation sites (tertiary alicyclic amines) is 1. The van der Waals surface area contributed by atoms with Gasteiger partial charge in [-0.3, -0.25) is 4.90 Å². The maximum absolute atomic E-state index is 5.41. The fraction of sp³-hybridized carbons (Fsp3) is 0.647. The van der Waals surface area contributed by atoms with E-state index < -0.39 is 0 Å². The predicted molar refractivity (Wildman–Crippen MR) is 84.3 cm³/mol. The molecule has 0 bridgehead atoms. The third-order valence-electron chi connectivity index (χ3n) is 4.27. The molecule has 0 spiro atoms. The van der Waals surface area contributed by atoms with Crippen LogP contribution in [0.25, 0.3) is 0 Å². The lowest BCUT2D eigenvalue weighted by molar-refractivity contribution is 0.175. The number of hydrogen-bond acceptors (Lipinski definition) is 3. The Morgan fingerprint density at radius 2 is 2.05 bits per heavy atom. The summed E-state index contributed by atoms with van der Waals surface area (Å²) in [6.45, 7) is 10.0. The molecule has 0 aromatic heterocycles. The van der Waals surface area contributed by atoms with Crippen LogP contribution in [0.1, 0.15) is 30.9 Å². The molecule has 1 fully saturated rings. The van der Waals surface area contributed by atoms with E-state index in [-0.39, 0.29) is 0 Å². The molecule has 3 nitrogen and oxygen atoms in total. The van der Waals surface area contributed by atoms with E-state index in [9.17, 15) is 0 Å². The second-order valence-corrected chi connectivity index (χ2v) is 5.83. The van der Waals surface area contributed by atoms with Gasteiger partial charge in [0.1, 0.15) is 5.75 Å². The lowest BCUT2D eigenvalue weighted by atomic mass is 9.96. The topological polar surface area (TPSA) is 24.5 Å². The summed E-state index contributed by atoms with van der Waals surface area (Å²) in [5.74, 6) is 1.86. The fourth-order valence-corrected chi connectivity index (χ4v) is 2.92. The molecule has 1 aliphatic heterocycles. The van der Waals surface area contributed by atoms with E-state index in [0.717, 1.165) is 24.8 Å². The molecule has 1 N–H and O–H groups in total. The molecule has 20 heavy (non-hydrogen) atoms. The van der Waals surface area contributed by atoms with Gasteiger partial charge in [-0.2, -0.15) is 0 Å². The van der Waals surface area contributed by atoms with Crippen molar-refractivity contribution in [2.75, 3.05) is 33.3 Å². The summed E-state index contributed by atoms with van der Waals surface area (Å²) in [6.07, 6.45) is 2.63. The van der Waals surface area contributed by atoms with Gasteiger partial charge in [-0.15, -0.1) is 0 Å². The molecule has 2 rings (SSSR count). The molecule has 112 valence electrons. The summed E-state index contributed by atoms with van der Waals surface area (Å²) in [5, 5.41) is 3.47. The Morgan fingerprint density at radius 1 is 1.30 bits per heavy atom. The van der Waals surface area contributed by atoms with E-state index >= 15 is 0 Å². The average molecular weight is 276 g/mol. The first-order valence-electron chi connectivity index (χ1n) is 7.79. The molecule has 1 aromatic carbocycles. The van der Waals surface area contributed by atoms with E-state index in [4.69, 9.17) is 4.74 Å². The van der Waals surface area contributed by atoms with E-state index in [1.165, 1.54) is 43.6 Å². The number of ether oxygens (including phenoxy) is 1. The largest absolute Gasteiger partial charge is 0.496 e. The predicted octanol–water partition coefficient (Wildman–Crippen LogP) is 2.83. The van der Waals surface area contributed by atoms with Crippen molar-refractivity contribution < 1.29 is 4.74 Å². The van der Waals surface area contributed by atoms with Crippen molar-refractivity contribution in [3.63, 3.8) is 0 Å². The molecule has 3 heteroatoms. The van der Waals surface area contributed by atoms with Crippen molar-refractivity contribution >= 4 is 0 Å². The molecular formula is C17H28N2O. The zero-order valence-corrected chi connectivity index (χ0v) is 13.1. The highest BCUT2D eigenvalue weighted by Gasteiger charge is 2.18. The highest BCUT2D eigenvalue weighted by atomic mass is 16.5. The van der Waals surface area contributed by atoms with Gasteiger partial charge in [0.05, 0.1) is 7.11 Å². The van der Waals surface area contributed by atoms with Gasteiger partial charge in [0.25, 0.3) is 0 Å². The van der Waals surface area contributed by atoms with Crippen LogP contribution in [0.4, 0.5) is 0 Å². The minimum absolute atomic E-state index is 0.860. The van der Waals surface area contributed by atoms with Crippen LogP contribution in [0.15, 0.2) is 18.2 Å². The van der Waals surface area contributed by atoms with E-state index in [2.05, 4.69) is 42.3 Å². The first-order valence-corrected chi connectivity index (χ1v) is 7.79. The second kappa shape index (κ2) is 7.65. The third-order valence-corrected chi connectivity index (χ3v) is 4.27. The number of aryl methyl sites for hydroxylation is 1. The van der Waals surface area contributed by atoms with Gasteiger partial charge in [0, 0.05) is 6.54 Å². The van der Waals surface area contributed by atoms with Gasteiger partial charge in [-0.1, -0.05) is 19.1 Å². The SMILES string of the molecule is CCNCC1CCN(Cc2ccc(C)c(OC)c2)CC1. The quantitative estimate of drug-likeness (QED) is 0.864. The van der Waals surface area contributed by atoms with Crippen molar-refractivity contribution in [3.05, 3.63) is 29.3 Å². The Balaban J connectivity index is 1.83. The van der Waals surface area contributed by atoms with Crippen molar-refractivity contribution in [2.45, 2.75) is 33.2 Å². The molecule has 0 saturated carbocycles. The van der Waals surface area contributed by atoms with Crippen molar-refractivity contribution in [1.82, 2.24) is 10.2 Å². The Kier molecular flexibility index (Phi) is 5.86. The van der Waals surface area contributed by atoms with Gasteiger partial charge in [0.15, 0.2) is 0 Å². The van der Waals surface area contributed by atoms with Crippen LogP contribution in [-0.4, -0.2) is 38.2 Å². The van der Waals surface area contributed by atoms with Gasteiger partial charge < -0.3 is 10.1 Å². The summed E-state index contributed by atoms with van der Waals surface area (Å²) < 4.78 is 5.41. The van der Waals surface area contributed by atoms with Crippen LogP contribution >= 0.6 is 0 Å². The molecule has 1 heterocycles. The summed E-state index contributed by atoms with van der Waals surface area (Å²) in [7, 11) is 1.75. The van der Waals surface area contributed by atoms with Gasteiger partial charge in [0.2, 0.25) is 0 Å². The minimum atomic E-state index is 0.860. The highest BCUT2D eigenvalue weighted by Crippen LogP contribution is 2.22. The Morgan fingerprint density at radius 3 is 2.70 bits per heavy atom. The fourth-order valence-electron chi connectivity index (χ4n) is 2.92. The van der Waals surface area contributed by atoms with Crippen LogP contribution in [-0.2, 0) is 6.54 Å². The zero-order chi connectivity index (χ0) is 14.4. The number of methoxy groups -OCH3 is 1. The summed E-state index contributed by atoms with van der Waals surface area (Å²) in [6, 6.07) is 6.56. The molecule has 0 amide bonds. The first-order chi connectivity index (χ1) is 9.72. The van der Waals surface area contributed by atoms with Crippen LogP contribution in [0.3, 0.4) is 0 Å². The van der Waals surface area contributed by atoms with E-state index in [1.807, 2.05) is 0 Å². The summed E-state index contributed by atoms with van der Waals surface area (Å²) in [5.41, 5.74) is 2.57. The molecule has 0 unspecified atom stereocenters. The van der Waals surface area contributed by atoms with Gasteiger partial charge >= 0.3 is 0 Å². The normalized spacial score (nSPS) is 17.4. The number of piperidine rings is 1. The lowest BCUT2D eigenvalue weighted by Crippen LogP contribution is -2.36. The molecule has 1 aromatic rings. The van der Waals surface area contributed by atoms with E-state index in [0.29, 0.717) is 0 Å². The number of nitrogens with one attached hydrogen (secondary N) is 1. The van der Waals surface area contributed by atoms with E-state index in [1.54, 1.807) is 7.11 Å². The Hall–Kier alpha value is -1.06. The zero-order valence-electron chi connectivity index (χ0n) is 13.1. The number of hydrogen-bond donors (Lipinski definition) is 1. The van der Waals surface area contributed by atoms with Crippen molar-refractivity contribution in [1.29, 1.82) is 0 Å². The highest BCUT2D eigenvalue weighted by molar-refractivity contribution is 5.36. The Bertz CT molecular complexity index is 411. The van der Waals surface area contributed by atoms with Gasteiger partial charge in [-0.25, -0.2) is 0 Å². The van der Waals surface area contributed by atoms with Crippen LogP contribution < -0.4 is 10.1 Å². The van der Waals surface area contributed by atoms with Crippen molar-refractivity contribution in [2.24, 2.45) is 5.92 Å². The molecule has 1 saturated heterocycles. The number of nitrogens with zero attached hydrogens (tertiary/aromatic N) is 1. The lowest BCUT2D eigenvalue weighted by Gasteiger charge is -2.32. The van der Waals surface area contributed by atoms with Crippen molar-refractivity contribution in [3.8, 4) is 5.75 Å². The summed E-state index contributed by atoms with van der Waals surface area (Å²) in [4.78, 5) is 2.56. The first kappa shape index (κ1) is 15.3. The molecule has 1 aliphatic rings. The van der Waals surface area contributed by atoms with Gasteiger partial charge in [-0.05, 0) is 69.1 Å². The number of benzene rings is 1. The van der Waals surface area contributed by atoms with Crippen LogP contribution in [0.5, 0.6) is 5.75 Å². The van der Waals surface area contributed by atoms with Crippen LogP contribution in [0.2, 0.25) is 0 Å². The second-order valence-electron chi connectivity index (χ2n) is 5.83. The molecular weight excluding hydrogens is 248 g/mol. The average Bonchev–Trinajstić information content (AvgIpc) is 2.48. The monoisotopic (exact) mass is 276 g/mol. The third kappa shape index (κ3) is 4.22. The molecule has 0 aliphatic carbocycles. The maximum atomic E-state index is 5.41. The maximum Gasteiger partial charge on any atom is 0.122 e. The minimum Gasteiger partial charge on any atom is -0.496 e. The molecule has 0 radical (unpaired) electrons. The van der Waals surface area contributed by atoms with Crippen LogP contribution in [0, 0.1) is 12.8 Å². The number of rotatable bonds is 6. The summed E-state index contributed by atoms with van der Waals surface area (Å²) >= 11 is 0. The standard InChI is InChI=1S/C17H28N2O/c1-4-18-12-15-7-9-19(10-8-15)13-16-6-5-14(2)17(11-16)20-3/h5-6,11,15,18H,4,7-10,12-13H2,1-3H3.